The predicted molar refractivity (Wildman–Crippen MR) is 75.4 cm³/mol. The monoisotopic (exact) mass is 300 g/mol. The molecule has 1 aliphatic heterocycles. The van der Waals surface area contributed by atoms with Crippen LogP contribution in [-0.4, -0.2) is 58.1 Å². The number of amides is 2. The second kappa shape index (κ2) is 7.40. The Labute approximate surface area is 124 Å². The highest BCUT2D eigenvalue weighted by Crippen LogP contribution is 2.19. The maximum Gasteiger partial charge on any atom is 0.328 e. The average molecular weight is 300 g/mol. The van der Waals surface area contributed by atoms with Gasteiger partial charge in [-0.15, -0.1) is 0 Å². The van der Waals surface area contributed by atoms with Crippen molar-refractivity contribution in [2.24, 2.45) is 11.8 Å². The number of carboxylic acid groups (broad SMARTS) is 1. The molecular weight excluding hydrogens is 276 g/mol. The molecule has 0 aromatic rings. The summed E-state index contributed by atoms with van der Waals surface area (Å²) in [6.07, 6.45) is -0.138. The summed E-state index contributed by atoms with van der Waals surface area (Å²) >= 11 is 0. The Morgan fingerprint density at radius 1 is 1.14 bits per heavy atom. The van der Waals surface area contributed by atoms with Crippen LogP contribution in [-0.2, 0) is 14.4 Å². The van der Waals surface area contributed by atoms with Crippen LogP contribution in [0.25, 0.3) is 0 Å². The highest BCUT2D eigenvalue weighted by Gasteiger charge is 2.32. The number of carbonyl (C=O) groups excluding carboxylic acids is 2. The van der Waals surface area contributed by atoms with E-state index in [2.05, 4.69) is 5.32 Å². The summed E-state index contributed by atoms with van der Waals surface area (Å²) in [6.45, 7) is 5.99. The van der Waals surface area contributed by atoms with E-state index >= 15 is 0 Å². The first-order valence-electron chi connectivity index (χ1n) is 7.24. The van der Waals surface area contributed by atoms with Crippen LogP contribution in [0, 0.1) is 11.8 Å². The molecule has 1 fully saturated rings. The lowest BCUT2D eigenvalue weighted by Gasteiger charge is -2.33. The number of carbonyl (C=O) groups is 3. The SMILES string of the molecule is CC(C)C(=O)N1CCC(C(=O)N[C@H](C(=O)O)[C@@H](C)O)CC1. The van der Waals surface area contributed by atoms with E-state index in [1.807, 2.05) is 13.8 Å². The van der Waals surface area contributed by atoms with Gasteiger partial charge in [0.25, 0.3) is 0 Å². The Morgan fingerprint density at radius 3 is 2.05 bits per heavy atom. The average Bonchev–Trinajstić information content (AvgIpc) is 2.42. The van der Waals surface area contributed by atoms with Crippen molar-refractivity contribution < 1.29 is 24.6 Å². The summed E-state index contributed by atoms with van der Waals surface area (Å²) in [5.41, 5.74) is 0. The van der Waals surface area contributed by atoms with Gasteiger partial charge in [0.1, 0.15) is 0 Å². The zero-order valence-corrected chi connectivity index (χ0v) is 12.7. The molecule has 3 N–H and O–H groups in total. The van der Waals surface area contributed by atoms with E-state index < -0.39 is 18.1 Å². The Morgan fingerprint density at radius 2 is 1.67 bits per heavy atom. The van der Waals surface area contributed by atoms with Gasteiger partial charge in [0.15, 0.2) is 6.04 Å². The van der Waals surface area contributed by atoms with Gasteiger partial charge in [0.2, 0.25) is 11.8 Å². The summed E-state index contributed by atoms with van der Waals surface area (Å²) in [5.74, 6) is -1.95. The van der Waals surface area contributed by atoms with Crippen molar-refractivity contribution >= 4 is 17.8 Å². The molecular formula is C14H24N2O5. The van der Waals surface area contributed by atoms with Gasteiger partial charge in [-0.3, -0.25) is 9.59 Å². The first kappa shape index (κ1) is 17.4. The van der Waals surface area contributed by atoms with E-state index in [1.54, 1.807) is 4.90 Å². The van der Waals surface area contributed by atoms with Gasteiger partial charge >= 0.3 is 5.97 Å². The second-order valence-corrected chi connectivity index (χ2v) is 5.82. The van der Waals surface area contributed by atoms with E-state index in [-0.39, 0.29) is 23.7 Å². The van der Waals surface area contributed by atoms with E-state index in [9.17, 15) is 19.5 Å². The highest BCUT2D eigenvalue weighted by molar-refractivity contribution is 5.85. The maximum absolute atomic E-state index is 12.0. The molecule has 2 amide bonds. The van der Waals surface area contributed by atoms with Crippen molar-refractivity contribution in [3.8, 4) is 0 Å². The molecule has 0 aromatic heterocycles. The van der Waals surface area contributed by atoms with Crippen LogP contribution in [0.3, 0.4) is 0 Å². The quantitative estimate of drug-likeness (QED) is 0.653. The largest absolute Gasteiger partial charge is 0.480 e. The third-order valence-corrected chi connectivity index (χ3v) is 3.72. The molecule has 0 spiro atoms. The third-order valence-electron chi connectivity index (χ3n) is 3.72. The number of aliphatic hydroxyl groups is 1. The molecule has 0 aliphatic carbocycles. The zero-order valence-electron chi connectivity index (χ0n) is 12.7. The molecule has 7 nitrogen and oxygen atoms in total. The van der Waals surface area contributed by atoms with Crippen LogP contribution < -0.4 is 5.32 Å². The minimum absolute atomic E-state index is 0.0676. The molecule has 1 aliphatic rings. The smallest absolute Gasteiger partial charge is 0.328 e. The number of hydrogen-bond donors (Lipinski definition) is 3. The van der Waals surface area contributed by atoms with Crippen LogP contribution in [0.1, 0.15) is 33.6 Å². The number of hydrogen-bond acceptors (Lipinski definition) is 4. The standard InChI is InChI=1S/C14H24N2O5/c1-8(2)13(19)16-6-4-10(5-7-16)12(18)15-11(9(3)17)14(20)21/h8-11,17H,4-7H2,1-3H3,(H,15,18)(H,20,21)/t9-,11+/m1/s1. The van der Waals surface area contributed by atoms with E-state index in [0.717, 1.165) is 0 Å². The van der Waals surface area contributed by atoms with Gasteiger partial charge in [-0.05, 0) is 19.8 Å². The molecule has 1 saturated heterocycles. The number of nitrogens with zero attached hydrogens (tertiary/aromatic N) is 1. The molecule has 2 atom stereocenters. The van der Waals surface area contributed by atoms with Gasteiger partial charge in [-0.2, -0.15) is 0 Å². The summed E-state index contributed by atoms with van der Waals surface area (Å²) in [7, 11) is 0. The van der Waals surface area contributed by atoms with Crippen molar-refractivity contribution in [1.29, 1.82) is 0 Å². The first-order chi connectivity index (χ1) is 9.73. The fourth-order valence-electron chi connectivity index (χ4n) is 2.39. The summed E-state index contributed by atoms with van der Waals surface area (Å²) in [6, 6.07) is -1.30. The van der Waals surface area contributed by atoms with Crippen LogP contribution in [0.5, 0.6) is 0 Å². The molecule has 0 saturated carbocycles. The molecule has 0 bridgehead atoms. The maximum atomic E-state index is 12.0. The number of carboxylic acids is 1. The third kappa shape index (κ3) is 4.70. The highest BCUT2D eigenvalue weighted by atomic mass is 16.4. The number of likely N-dealkylation sites (tertiary alicyclic amines) is 1. The summed E-state index contributed by atoms with van der Waals surface area (Å²) in [4.78, 5) is 36.6. The van der Waals surface area contributed by atoms with E-state index in [0.29, 0.717) is 25.9 Å². The molecule has 1 rings (SSSR count). The predicted octanol–water partition coefficient (Wildman–Crippen LogP) is -0.169. The number of aliphatic carboxylic acids is 1. The van der Waals surface area contributed by atoms with Gasteiger partial charge in [0, 0.05) is 24.9 Å². The lowest BCUT2D eigenvalue weighted by Crippen LogP contribution is -2.51. The molecule has 0 aromatic carbocycles. The van der Waals surface area contributed by atoms with E-state index in [4.69, 9.17) is 5.11 Å². The number of aliphatic hydroxyl groups excluding tert-OH is 1. The molecule has 1 heterocycles. The molecule has 0 radical (unpaired) electrons. The van der Waals surface area contributed by atoms with Crippen molar-refractivity contribution in [1.82, 2.24) is 10.2 Å². The van der Waals surface area contributed by atoms with Crippen LogP contribution in [0.4, 0.5) is 0 Å². The van der Waals surface area contributed by atoms with Gasteiger partial charge < -0.3 is 20.4 Å². The fraction of sp³-hybridized carbons (Fsp3) is 0.786. The lowest BCUT2D eigenvalue weighted by atomic mass is 9.94. The number of piperidine rings is 1. The van der Waals surface area contributed by atoms with Crippen LogP contribution >= 0.6 is 0 Å². The van der Waals surface area contributed by atoms with Crippen LogP contribution in [0.15, 0.2) is 0 Å². The van der Waals surface area contributed by atoms with Crippen molar-refractivity contribution in [2.45, 2.75) is 45.8 Å². The molecule has 7 heteroatoms. The van der Waals surface area contributed by atoms with Crippen molar-refractivity contribution in [2.75, 3.05) is 13.1 Å². The van der Waals surface area contributed by atoms with E-state index in [1.165, 1.54) is 6.92 Å². The lowest BCUT2D eigenvalue weighted by molar-refractivity contribution is -0.146. The van der Waals surface area contributed by atoms with Gasteiger partial charge in [-0.25, -0.2) is 4.79 Å². The second-order valence-electron chi connectivity index (χ2n) is 5.82. The zero-order chi connectivity index (χ0) is 16.2. The number of nitrogens with one attached hydrogen (secondary N) is 1. The topological polar surface area (TPSA) is 107 Å². The van der Waals surface area contributed by atoms with Crippen LogP contribution in [0.2, 0.25) is 0 Å². The Kier molecular flexibility index (Phi) is 6.14. The van der Waals surface area contributed by atoms with Crippen molar-refractivity contribution in [3.63, 3.8) is 0 Å². The molecule has 21 heavy (non-hydrogen) atoms. The number of rotatable bonds is 5. The minimum Gasteiger partial charge on any atom is -0.480 e. The van der Waals surface area contributed by atoms with Gasteiger partial charge in [-0.1, -0.05) is 13.8 Å². The first-order valence-corrected chi connectivity index (χ1v) is 7.24. The Hall–Kier alpha value is -1.63. The van der Waals surface area contributed by atoms with Crippen molar-refractivity contribution in [3.05, 3.63) is 0 Å². The minimum atomic E-state index is -1.30. The molecule has 120 valence electrons. The normalized spacial score (nSPS) is 19.2. The Balaban J connectivity index is 2.52. The molecule has 0 unspecified atom stereocenters. The summed E-state index contributed by atoms with van der Waals surface area (Å²) in [5, 5.41) is 20.7. The summed E-state index contributed by atoms with van der Waals surface area (Å²) < 4.78 is 0. The van der Waals surface area contributed by atoms with Gasteiger partial charge in [0.05, 0.1) is 6.10 Å². The Bertz CT molecular complexity index is 400. The fourth-order valence-corrected chi connectivity index (χ4v) is 2.39.